The summed E-state index contributed by atoms with van der Waals surface area (Å²) < 4.78 is 0.980. The van der Waals surface area contributed by atoms with Crippen molar-refractivity contribution in [3.63, 3.8) is 0 Å². The highest BCUT2D eigenvalue weighted by atomic mass is 79.9. The van der Waals surface area contributed by atoms with Crippen LogP contribution in [0.3, 0.4) is 0 Å². The number of hydrogen-bond acceptors (Lipinski definition) is 4. The molecule has 0 bridgehead atoms. The van der Waals surface area contributed by atoms with E-state index in [0.717, 1.165) is 26.7 Å². The zero-order valence-electron chi connectivity index (χ0n) is 11.1. The Hall–Kier alpha value is -1.54. The summed E-state index contributed by atoms with van der Waals surface area (Å²) >= 11 is 4.33. The van der Waals surface area contributed by atoms with Crippen LogP contribution in [0, 0.1) is 0 Å². The van der Waals surface area contributed by atoms with E-state index >= 15 is 0 Å². The number of carbonyl (C=O) groups excluding carboxylic acids is 3. The average molecular weight is 372 g/mol. The molecule has 0 radical (unpaired) electrons. The largest absolute Gasteiger partial charge is 0.336 e. The number of thioether (sulfide) groups is 1. The number of carbonyl (C=O) groups is 3. The molecule has 2 rings (SSSR count). The predicted octanol–water partition coefficient (Wildman–Crippen LogP) is 1.94. The summed E-state index contributed by atoms with van der Waals surface area (Å²) in [5, 5.41) is 5.07. The van der Waals surface area contributed by atoms with Crippen molar-refractivity contribution in [3.05, 3.63) is 34.3 Å². The van der Waals surface area contributed by atoms with Crippen LogP contribution in [-0.2, 0) is 11.3 Å². The number of nitrogens with zero attached hydrogens (tertiary/aromatic N) is 1. The van der Waals surface area contributed by atoms with Crippen LogP contribution in [0.25, 0.3) is 0 Å². The minimum absolute atomic E-state index is 0.189. The van der Waals surface area contributed by atoms with E-state index in [0.29, 0.717) is 6.54 Å². The summed E-state index contributed by atoms with van der Waals surface area (Å²) in [5.41, 5.74) is 0.981. The molecule has 4 amide bonds. The van der Waals surface area contributed by atoms with E-state index < -0.39 is 0 Å². The first-order chi connectivity index (χ1) is 10.1. The Bertz CT molecular complexity index is 534. The third-order valence-corrected chi connectivity index (χ3v) is 4.22. The molecule has 8 heteroatoms. The van der Waals surface area contributed by atoms with E-state index in [1.807, 2.05) is 24.3 Å². The second kappa shape index (κ2) is 7.46. The third kappa shape index (κ3) is 4.75. The molecule has 0 aliphatic carbocycles. The molecular formula is C13H14BrN3O3S. The lowest BCUT2D eigenvalue weighted by molar-refractivity contribution is -0.124. The van der Waals surface area contributed by atoms with Gasteiger partial charge in [-0.05, 0) is 17.7 Å². The molecule has 1 aromatic carbocycles. The Morgan fingerprint density at radius 1 is 1.24 bits per heavy atom. The highest BCUT2D eigenvalue weighted by molar-refractivity contribution is 9.10. The lowest BCUT2D eigenvalue weighted by Crippen LogP contribution is -2.41. The van der Waals surface area contributed by atoms with Crippen molar-refractivity contribution in [1.29, 1.82) is 0 Å². The Balaban J connectivity index is 1.67. The van der Waals surface area contributed by atoms with Gasteiger partial charge in [0.1, 0.15) is 0 Å². The molecule has 2 N–H and O–H groups in total. The molecular weight excluding hydrogens is 358 g/mol. The van der Waals surface area contributed by atoms with E-state index in [1.54, 1.807) is 0 Å². The van der Waals surface area contributed by atoms with Crippen molar-refractivity contribution in [2.75, 3.05) is 18.8 Å². The van der Waals surface area contributed by atoms with Crippen molar-refractivity contribution in [2.24, 2.45) is 0 Å². The van der Waals surface area contributed by atoms with Gasteiger partial charge in [-0.25, -0.2) is 4.79 Å². The van der Waals surface area contributed by atoms with Crippen LogP contribution in [0.2, 0.25) is 0 Å². The number of urea groups is 1. The Labute approximate surface area is 134 Å². The SMILES string of the molecule is O=C(NCCN1C(=O)CSC1=O)NCc1ccc(Br)cc1. The normalized spacial score (nSPS) is 14.4. The molecule has 1 aliphatic rings. The van der Waals surface area contributed by atoms with Crippen LogP contribution in [0.4, 0.5) is 9.59 Å². The van der Waals surface area contributed by atoms with Crippen LogP contribution in [0.1, 0.15) is 5.56 Å². The molecule has 0 saturated carbocycles. The summed E-state index contributed by atoms with van der Waals surface area (Å²) in [6, 6.07) is 7.28. The van der Waals surface area contributed by atoms with Crippen LogP contribution in [-0.4, -0.2) is 40.9 Å². The third-order valence-electron chi connectivity index (χ3n) is 2.83. The van der Waals surface area contributed by atoms with Crippen molar-refractivity contribution < 1.29 is 14.4 Å². The van der Waals surface area contributed by atoms with Crippen LogP contribution in [0.15, 0.2) is 28.7 Å². The van der Waals surface area contributed by atoms with Crippen molar-refractivity contribution in [2.45, 2.75) is 6.54 Å². The van der Waals surface area contributed by atoms with Crippen molar-refractivity contribution >= 4 is 44.9 Å². The van der Waals surface area contributed by atoms with Gasteiger partial charge in [0, 0.05) is 24.1 Å². The summed E-state index contributed by atoms with van der Waals surface area (Å²) in [5.74, 6) is -0.0173. The molecule has 0 aromatic heterocycles. The van der Waals surface area contributed by atoms with Gasteiger partial charge in [-0.3, -0.25) is 14.5 Å². The minimum Gasteiger partial charge on any atom is -0.336 e. The topological polar surface area (TPSA) is 78.5 Å². The molecule has 0 unspecified atom stereocenters. The number of rotatable bonds is 5. The molecule has 1 aromatic rings. The monoisotopic (exact) mass is 371 g/mol. The molecule has 1 heterocycles. The lowest BCUT2D eigenvalue weighted by Gasteiger charge is -2.13. The smallest absolute Gasteiger partial charge is 0.315 e. The van der Waals surface area contributed by atoms with Gasteiger partial charge in [0.05, 0.1) is 5.75 Å². The average Bonchev–Trinajstić information content (AvgIpc) is 2.78. The Kier molecular flexibility index (Phi) is 5.63. The van der Waals surface area contributed by atoms with E-state index in [2.05, 4.69) is 26.6 Å². The number of hydrogen-bond donors (Lipinski definition) is 2. The quantitative estimate of drug-likeness (QED) is 0.828. The fourth-order valence-corrected chi connectivity index (χ4v) is 2.74. The highest BCUT2D eigenvalue weighted by Crippen LogP contribution is 2.17. The molecule has 0 spiro atoms. The Morgan fingerprint density at radius 2 is 1.95 bits per heavy atom. The highest BCUT2D eigenvalue weighted by Gasteiger charge is 2.29. The first-order valence-corrected chi connectivity index (χ1v) is 8.07. The lowest BCUT2D eigenvalue weighted by atomic mass is 10.2. The second-order valence-corrected chi connectivity index (χ2v) is 6.18. The van der Waals surface area contributed by atoms with E-state index in [9.17, 15) is 14.4 Å². The fourth-order valence-electron chi connectivity index (χ4n) is 1.73. The second-order valence-electron chi connectivity index (χ2n) is 4.34. The molecule has 1 aliphatic heterocycles. The van der Waals surface area contributed by atoms with Gasteiger partial charge in [0.15, 0.2) is 0 Å². The fraction of sp³-hybridized carbons (Fsp3) is 0.308. The maximum atomic E-state index is 11.6. The number of imide groups is 1. The van der Waals surface area contributed by atoms with Gasteiger partial charge in [-0.2, -0.15) is 0 Å². The molecule has 1 fully saturated rings. The predicted molar refractivity (Wildman–Crippen MR) is 83.9 cm³/mol. The van der Waals surface area contributed by atoms with E-state index in [1.165, 1.54) is 0 Å². The van der Waals surface area contributed by atoms with Gasteiger partial charge < -0.3 is 10.6 Å². The zero-order chi connectivity index (χ0) is 15.2. The summed E-state index contributed by atoms with van der Waals surface area (Å²) in [6.07, 6.45) is 0. The first-order valence-electron chi connectivity index (χ1n) is 6.29. The molecule has 0 atom stereocenters. The maximum absolute atomic E-state index is 11.6. The summed E-state index contributed by atoms with van der Waals surface area (Å²) in [6.45, 7) is 0.858. The maximum Gasteiger partial charge on any atom is 0.315 e. The number of amides is 4. The molecule has 6 nitrogen and oxygen atoms in total. The van der Waals surface area contributed by atoms with Gasteiger partial charge >= 0.3 is 6.03 Å². The summed E-state index contributed by atoms with van der Waals surface area (Å²) in [7, 11) is 0. The first kappa shape index (κ1) is 15.8. The van der Waals surface area contributed by atoms with E-state index in [4.69, 9.17) is 0 Å². The zero-order valence-corrected chi connectivity index (χ0v) is 13.5. The van der Waals surface area contributed by atoms with Crippen LogP contribution >= 0.6 is 27.7 Å². The Morgan fingerprint density at radius 3 is 2.57 bits per heavy atom. The minimum atomic E-state index is -0.329. The molecule has 1 saturated heterocycles. The number of nitrogens with one attached hydrogen (secondary N) is 2. The standard InChI is InChI=1S/C13H14BrN3O3S/c14-10-3-1-9(2-4-10)7-16-12(19)15-5-6-17-11(18)8-21-13(17)20/h1-4H,5-8H2,(H2,15,16,19). The summed E-state index contributed by atoms with van der Waals surface area (Å²) in [4.78, 5) is 35.4. The van der Waals surface area contributed by atoms with Gasteiger partial charge in [0.25, 0.3) is 5.24 Å². The number of benzene rings is 1. The van der Waals surface area contributed by atoms with Gasteiger partial charge in [-0.15, -0.1) is 0 Å². The van der Waals surface area contributed by atoms with Crippen LogP contribution < -0.4 is 10.6 Å². The van der Waals surface area contributed by atoms with Crippen molar-refractivity contribution in [1.82, 2.24) is 15.5 Å². The van der Waals surface area contributed by atoms with E-state index in [-0.39, 0.29) is 36.0 Å². The number of halogens is 1. The molecule has 21 heavy (non-hydrogen) atoms. The van der Waals surface area contributed by atoms with Crippen LogP contribution in [0.5, 0.6) is 0 Å². The van der Waals surface area contributed by atoms with Gasteiger partial charge in [0.2, 0.25) is 5.91 Å². The van der Waals surface area contributed by atoms with Gasteiger partial charge in [-0.1, -0.05) is 39.8 Å². The molecule has 112 valence electrons. The van der Waals surface area contributed by atoms with Crippen molar-refractivity contribution in [3.8, 4) is 0 Å².